The summed E-state index contributed by atoms with van der Waals surface area (Å²) in [4.78, 5) is 25.1. The van der Waals surface area contributed by atoms with Gasteiger partial charge in [0.2, 0.25) is 22.1 Å². The quantitative estimate of drug-likeness (QED) is 0.281. The Morgan fingerprint density at radius 1 is 0.744 bits per heavy atom. The Labute approximate surface area is 233 Å². The van der Waals surface area contributed by atoms with E-state index in [4.69, 9.17) is 9.47 Å². The average Bonchev–Trinajstić information content (AvgIpc) is 3.70. The lowest BCUT2D eigenvalue weighted by atomic mass is 10.1. The first-order chi connectivity index (χ1) is 19.0. The summed E-state index contributed by atoms with van der Waals surface area (Å²) in [7, 11) is 3.18. The summed E-state index contributed by atoms with van der Waals surface area (Å²) >= 11 is 2.82. The van der Waals surface area contributed by atoms with Gasteiger partial charge < -0.3 is 20.1 Å². The normalized spacial score (nSPS) is 16.6. The minimum Gasteiger partial charge on any atom is -0.496 e. The van der Waals surface area contributed by atoms with E-state index in [9.17, 15) is 9.59 Å². The maximum absolute atomic E-state index is 12.6. The van der Waals surface area contributed by atoms with Gasteiger partial charge in [-0.2, -0.15) is 0 Å². The van der Waals surface area contributed by atoms with Crippen molar-refractivity contribution in [2.45, 2.75) is 43.9 Å². The fourth-order valence-electron chi connectivity index (χ4n) is 4.70. The highest BCUT2D eigenvalue weighted by molar-refractivity contribution is 7.15. The van der Waals surface area contributed by atoms with Crippen molar-refractivity contribution < 1.29 is 19.1 Å². The van der Waals surface area contributed by atoms with Crippen LogP contribution >= 0.6 is 22.7 Å². The van der Waals surface area contributed by atoms with E-state index in [1.54, 1.807) is 14.2 Å². The van der Waals surface area contributed by atoms with Crippen molar-refractivity contribution in [2.24, 2.45) is 0 Å². The van der Waals surface area contributed by atoms with Gasteiger partial charge in [0, 0.05) is 23.0 Å². The predicted octanol–water partition coefficient (Wildman–Crippen LogP) is 4.82. The SMILES string of the molecule is COc1ccccc1CC(=O)Nc1nnc([C@H]2CC[C@H](c3nnc(NC(=O)Cc4ccccc4OC)s3)C2)s1. The Balaban J connectivity index is 1.13. The average molecular weight is 565 g/mol. The molecule has 1 aliphatic carbocycles. The number of benzene rings is 2. The summed E-state index contributed by atoms with van der Waals surface area (Å²) in [5.74, 6) is 1.50. The van der Waals surface area contributed by atoms with Crippen molar-refractivity contribution in [3.05, 3.63) is 69.7 Å². The van der Waals surface area contributed by atoms with Crippen molar-refractivity contribution >= 4 is 44.8 Å². The fourth-order valence-corrected chi connectivity index (χ4v) is 6.52. The number of rotatable bonds is 10. The Kier molecular flexibility index (Phi) is 8.42. The molecule has 2 heterocycles. The van der Waals surface area contributed by atoms with Crippen LogP contribution in [0.3, 0.4) is 0 Å². The van der Waals surface area contributed by atoms with Gasteiger partial charge in [0.15, 0.2) is 0 Å². The van der Waals surface area contributed by atoms with Gasteiger partial charge in [-0.15, -0.1) is 20.4 Å². The molecule has 39 heavy (non-hydrogen) atoms. The number of nitrogens with zero attached hydrogens (tertiary/aromatic N) is 4. The summed E-state index contributed by atoms with van der Waals surface area (Å²) in [5, 5.41) is 25.6. The number of aromatic nitrogens is 4. The van der Waals surface area contributed by atoms with E-state index < -0.39 is 0 Å². The van der Waals surface area contributed by atoms with Gasteiger partial charge in [0.25, 0.3) is 0 Å². The van der Waals surface area contributed by atoms with Crippen LogP contribution in [0.1, 0.15) is 52.2 Å². The minimum atomic E-state index is -0.166. The van der Waals surface area contributed by atoms with Crippen molar-refractivity contribution in [1.82, 2.24) is 20.4 Å². The molecule has 12 heteroatoms. The van der Waals surface area contributed by atoms with Crippen LogP contribution in [0, 0.1) is 0 Å². The topological polar surface area (TPSA) is 128 Å². The third kappa shape index (κ3) is 6.58. The molecule has 10 nitrogen and oxygen atoms in total. The third-order valence-electron chi connectivity index (χ3n) is 6.59. The maximum Gasteiger partial charge on any atom is 0.230 e. The van der Waals surface area contributed by atoms with Crippen molar-refractivity contribution in [2.75, 3.05) is 24.9 Å². The summed E-state index contributed by atoms with van der Waals surface area (Å²) < 4.78 is 10.7. The molecule has 2 atom stereocenters. The zero-order valence-electron chi connectivity index (χ0n) is 21.5. The van der Waals surface area contributed by atoms with E-state index in [0.717, 1.165) is 40.4 Å². The first-order valence-corrected chi connectivity index (χ1v) is 14.2. The number of hydrogen-bond donors (Lipinski definition) is 2. The van der Waals surface area contributed by atoms with Gasteiger partial charge in [-0.05, 0) is 31.4 Å². The zero-order chi connectivity index (χ0) is 27.2. The monoisotopic (exact) mass is 564 g/mol. The zero-order valence-corrected chi connectivity index (χ0v) is 23.2. The van der Waals surface area contributed by atoms with E-state index in [0.29, 0.717) is 21.8 Å². The highest BCUT2D eigenvalue weighted by atomic mass is 32.1. The molecule has 4 aromatic rings. The smallest absolute Gasteiger partial charge is 0.230 e. The molecule has 0 aliphatic heterocycles. The highest BCUT2D eigenvalue weighted by Gasteiger charge is 2.32. The summed E-state index contributed by atoms with van der Waals surface area (Å²) in [6, 6.07) is 14.9. The molecule has 0 radical (unpaired) electrons. The van der Waals surface area contributed by atoms with Gasteiger partial charge in [0.05, 0.1) is 27.1 Å². The number of nitrogens with one attached hydrogen (secondary N) is 2. The maximum atomic E-state index is 12.6. The molecule has 202 valence electrons. The number of hydrogen-bond acceptors (Lipinski definition) is 10. The second-order valence-electron chi connectivity index (χ2n) is 9.17. The number of methoxy groups -OCH3 is 2. The molecule has 1 fully saturated rings. The minimum absolute atomic E-state index is 0.166. The van der Waals surface area contributed by atoms with E-state index >= 15 is 0 Å². The molecule has 0 bridgehead atoms. The van der Waals surface area contributed by atoms with Crippen LogP contribution < -0.4 is 20.1 Å². The Hall–Kier alpha value is -3.90. The van der Waals surface area contributed by atoms with Crippen molar-refractivity contribution in [1.29, 1.82) is 0 Å². The predicted molar refractivity (Wildman–Crippen MR) is 150 cm³/mol. The van der Waals surface area contributed by atoms with Crippen molar-refractivity contribution in [3.8, 4) is 11.5 Å². The Morgan fingerprint density at radius 2 is 1.18 bits per heavy atom. The number of anilines is 2. The second-order valence-corrected chi connectivity index (χ2v) is 11.2. The van der Waals surface area contributed by atoms with Crippen LogP contribution in [0.2, 0.25) is 0 Å². The summed E-state index contributed by atoms with van der Waals surface area (Å²) in [5.41, 5.74) is 1.63. The molecular weight excluding hydrogens is 536 g/mol. The number of carbonyl (C=O) groups excluding carboxylic acids is 2. The number of ether oxygens (including phenoxy) is 2. The lowest BCUT2D eigenvalue weighted by Gasteiger charge is -2.07. The lowest BCUT2D eigenvalue weighted by Crippen LogP contribution is -2.14. The molecule has 1 aliphatic rings. The Bertz CT molecular complexity index is 1350. The molecule has 5 rings (SSSR count). The molecule has 2 amide bonds. The largest absolute Gasteiger partial charge is 0.496 e. The van der Waals surface area contributed by atoms with Gasteiger partial charge in [-0.1, -0.05) is 59.1 Å². The highest BCUT2D eigenvalue weighted by Crippen LogP contribution is 2.45. The molecule has 0 saturated heterocycles. The van der Waals surface area contributed by atoms with Crippen LogP contribution in [-0.2, 0) is 22.4 Å². The molecule has 1 saturated carbocycles. The van der Waals surface area contributed by atoms with Crippen LogP contribution in [0.15, 0.2) is 48.5 Å². The summed E-state index contributed by atoms with van der Waals surface area (Å²) in [6.07, 6.45) is 3.15. The molecule has 0 spiro atoms. The fraction of sp³-hybridized carbons (Fsp3) is 0.333. The standard InChI is InChI=1S/C27H28N6O4S2/c1-36-20-9-5-3-7-16(20)14-22(34)28-26-32-30-24(38-26)18-11-12-19(13-18)25-31-33-27(39-25)29-23(35)15-17-8-4-6-10-21(17)37-2/h3-10,18-19H,11-15H2,1-2H3,(H,28,32,34)(H,29,33,35)/t18-,19-/m0/s1. The van der Waals surface area contributed by atoms with E-state index in [-0.39, 0.29) is 36.5 Å². The number of para-hydroxylation sites is 2. The first kappa shape index (κ1) is 26.7. The number of amides is 2. The Morgan fingerprint density at radius 3 is 1.62 bits per heavy atom. The van der Waals surface area contributed by atoms with E-state index in [1.165, 1.54) is 22.7 Å². The molecule has 2 aromatic heterocycles. The third-order valence-corrected chi connectivity index (χ3v) is 8.59. The van der Waals surface area contributed by atoms with Gasteiger partial charge in [-0.25, -0.2) is 0 Å². The lowest BCUT2D eigenvalue weighted by molar-refractivity contribution is -0.116. The second kappa shape index (κ2) is 12.3. The van der Waals surface area contributed by atoms with Gasteiger partial charge in [-0.3, -0.25) is 9.59 Å². The molecule has 0 unspecified atom stereocenters. The van der Waals surface area contributed by atoms with Crippen molar-refractivity contribution in [3.63, 3.8) is 0 Å². The van der Waals surface area contributed by atoms with Crippen LogP contribution in [0.25, 0.3) is 0 Å². The van der Waals surface area contributed by atoms with E-state index in [2.05, 4.69) is 31.0 Å². The molecule has 2 aromatic carbocycles. The van der Waals surface area contributed by atoms with Gasteiger partial charge >= 0.3 is 0 Å². The number of carbonyl (C=O) groups is 2. The molecular formula is C27H28N6O4S2. The summed E-state index contributed by atoms with van der Waals surface area (Å²) in [6.45, 7) is 0. The van der Waals surface area contributed by atoms with Crippen LogP contribution in [-0.4, -0.2) is 46.4 Å². The van der Waals surface area contributed by atoms with Crippen LogP contribution in [0.5, 0.6) is 11.5 Å². The van der Waals surface area contributed by atoms with Gasteiger partial charge in [0.1, 0.15) is 21.5 Å². The van der Waals surface area contributed by atoms with Crippen LogP contribution in [0.4, 0.5) is 10.3 Å². The van der Waals surface area contributed by atoms with E-state index in [1.807, 2.05) is 48.5 Å². The molecule has 2 N–H and O–H groups in total. The first-order valence-electron chi connectivity index (χ1n) is 12.5.